The normalized spacial score (nSPS) is 13.5. The molecule has 0 heterocycles. The largest absolute Gasteiger partial charge is 0.496 e. The Bertz CT molecular complexity index is 698. The van der Waals surface area contributed by atoms with Gasteiger partial charge in [-0.1, -0.05) is 30.3 Å². The molecule has 0 unspecified atom stereocenters. The molecule has 0 aliphatic heterocycles. The number of nitrogens with zero attached hydrogens (tertiary/aromatic N) is 1. The third-order valence-corrected chi connectivity index (χ3v) is 4.44. The quantitative estimate of drug-likeness (QED) is 0.810. The highest BCUT2D eigenvalue weighted by Gasteiger charge is 2.33. The average molecular weight is 325 g/mol. The fraction of sp³-hybridized carbons (Fsp3) is 0.350. The second-order valence-electron chi connectivity index (χ2n) is 6.16. The van der Waals surface area contributed by atoms with Crippen LogP contribution in [0.1, 0.15) is 34.3 Å². The first kappa shape index (κ1) is 16.4. The summed E-state index contributed by atoms with van der Waals surface area (Å²) in [5.41, 5.74) is 2.65. The number of amides is 1. The lowest BCUT2D eigenvalue weighted by atomic mass is 10.1. The van der Waals surface area contributed by atoms with Gasteiger partial charge >= 0.3 is 0 Å². The van der Waals surface area contributed by atoms with Crippen LogP contribution in [0.3, 0.4) is 0 Å². The third-order valence-electron chi connectivity index (χ3n) is 4.44. The predicted molar refractivity (Wildman–Crippen MR) is 93.6 cm³/mol. The molecule has 3 rings (SSSR count). The van der Waals surface area contributed by atoms with E-state index in [0.29, 0.717) is 29.6 Å². The molecule has 0 aromatic heterocycles. The first-order chi connectivity index (χ1) is 11.6. The minimum Gasteiger partial charge on any atom is -0.496 e. The Hall–Kier alpha value is -2.49. The minimum absolute atomic E-state index is 0.0259. The minimum atomic E-state index is 0.0259. The molecule has 1 saturated carbocycles. The van der Waals surface area contributed by atoms with Gasteiger partial charge in [0.1, 0.15) is 11.5 Å². The number of benzene rings is 2. The Morgan fingerprint density at radius 2 is 1.67 bits per heavy atom. The molecule has 4 nitrogen and oxygen atoms in total. The highest BCUT2D eigenvalue weighted by Crippen LogP contribution is 2.33. The van der Waals surface area contributed by atoms with Crippen molar-refractivity contribution in [2.24, 2.45) is 0 Å². The molecule has 0 spiro atoms. The van der Waals surface area contributed by atoms with Gasteiger partial charge in [-0.2, -0.15) is 0 Å². The van der Waals surface area contributed by atoms with E-state index in [-0.39, 0.29) is 5.91 Å². The first-order valence-corrected chi connectivity index (χ1v) is 8.21. The molecule has 126 valence electrons. The summed E-state index contributed by atoms with van der Waals surface area (Å²) in [7, 11) is 3.22. The van der Waals surface area contributed by atoms with Crippen LogP contribution in [0.25, 0.3) is 0 Å². The number of carbonyl (C=O) groups is 1. The van der Waals surface area contributed by atoms with Gasteiger partial charge in [0.25, 0.3) is 5.91 Å². The summed E-state index contributed by atoms with van der Waals surface area (Å²) >= 11 is 0. The lowest BCUT2D eigenvalue weighted by Gasteiger charge is -2.23. The van der Waals surface area contributed by atoms with Gasteiger partial charge in [-0.15, -0.1) is 0 Å². The molecule has 24 heavy (non-hydrogen) atoms. The van der Waals surface area contributed by atoms with Crippen LogP contribution in [-0.4, -0.2) is 31.1 Å². The van der Waals surface area contributed by atoms with Gasteiger partial charge in [0.15, 0.2) is 0 Å². The monoisotopic (exact) mass is 325 g/mol. The summed E-state index contributed by atoms with van der Waals surface area (Å²) < 4.78 is 10.8. The van der Waals surface area contributed by atoms with E-state index in [1.165, 1.54) is 0 Å². The molecule has 0 N–H and O–H groups in total. The Morgan fingerprint density at radius 3 is 2.17 bits per heavy atom. The van der Waals surface area contributed by atoms with Crippen molar-refractivity contribution in [1.82, 2.24) is 4.90 Å². The maximum Gasteiger partial charge on any atom is 0.254 e. The standard InChI is InChI=1S/C20H23NO3/c1-14-18(23-2)11-16(12-19(14)24-3)20(22)21(17-9-10-17)13-15-7-5-4-6-8-15/h4-8,11-12,17H,9-10,13H2,1-3H3. The Balaban J connectivity index is 1.90. The van der Waals surface area contributed by atoms with E-state index in [0.717, 1.165) is 24.0 Å². The number of methoxy groups -OCH3 is 2. The molecule has 1 aliphatic carbocycles. The van der Waals surface area contributed by atoms with Crippen LogP contribution in [0, 0.1) is 6.92 Å². The van der Waals surface area contributed by atoms with E-state index in [1.54, 1.807) is 26.4 Å². The zero-order chi connectivity index (χ0) is 17.1. The van der Waals surface area contributed by atoms with Crippen LogP contribution < -0.4 is 9.47 Å². The van der Waals surface area contributed by atoms with Crippen molar-refractivity contribution < 1.29 is 14.3 Å². The average Bonchev–Trinajstić information content (AvgIpc) is 3.45. The summed E-state index contributed by atoms with van der Waals surface area (Å²) in [6, 6.07) is 14.0. The number of carbonyl (C=O) groups excluding carboxylic acids is 1. The van der Waals surface area contributed by atoms with Crippen molar-refractivity contribution in [3.63, 3.8) is 0 Å². The zero-order valence-electron chi connectivity index (χ0n) is 14.4. The predicted octanol–water partition coefficient (Wildman–Crippen LogP) is 3.82. The van der Waals surface area contributed by atoms with Gasteiger partial charge in [-0.25, -0.2) is 0 Å². The van der Waals surface area contributed by atoms with E-state index < -0.39 is 0 Å². The van der Waals surface area contributed by atoms with Gasteiger partial charge in [0.2, 0.25) is 0 Å². The van der Waals surface area contributed by atoms with E-state index in [1.807, 2.05) is 30.0 Å². The molecule has 4 heteroatoms. The van der Waals surface area contributed by atoms with Gasteiger partial charge in [-0.05, 0) is 37.5 Å². The van der Waals surface area contributed by atoms with Crippen LogP contribution in [0.4, 0.5) is 0 Å². The van der Waals surface area contributed by atoms with Gasteiger partial charge in [0, 0.05) is 23.7 Å². The second kappa shape index (κ2) is 6.95. The van der Waals surface area contributed by atoms with E-state index in [2.05, 4.69) is 12.1 Å². The number of hydrogen-bond donors (Lipinski definition) is 0. The van der Waals surface area contributed by atoms with Crippen molar-refractivity contribution in [2.75, 3.05) is 14.2 Å². The number of ether oxygens (including phenoxy) is 2. The molecule has 1 aliphatic rings. The zero-order valence-corrected chi connectivity index (χ0v) is 14.4. The molecular weight excluding hydrogens is 302 g/mol. The molecule has 0 radical (unpaired) electrons. The van der Waals surface area contributed by atoms with E-state index in [4.69, 9.17) is 9.47 Å². The molecule has 1 amide bonds. The Labute approximate surface area is 143 Å². The maximum absolute atomic E-state index is 13.1. The van der Waals surface area contributed by atoms with Crippen molar-refractivity contribution >= 4 is 5.91 Å². The second-order valence-corrected chi connectivity index (χ2v) is 6.16. The molecule has 0 atom stereocenters. The van der Waals surface area contributed by atoms with Crippen molar-refractivity contribution in [3.8, 4) is 11.5 Å². The smallest absolute Gasteiger partial charge is 0.254 e. The summed E-state index contributed by atoms with van der Waals surface area (Å²) in [5, 5.41) is 0. The van der Waals surface area contributed by atoms with E-state index in [9.17, 15) is 4.79 Å². The van der Waals surface area contributed by atoms with E-state index >= 15 is 0 Å². The van der Waals surface area contributed by atoms with Crippen LogP contribution in [0.2, 0.25) is 0 Å². The third kappa shape index (κ3) is 3.37. The van der Waals surface area contributed by atoms with Crippen molar-refractivity contribution in [3.05, 3.63) is 59.2 Å². The molecule has 0 bridgehead atoms. The SMILES string of the molecule is COc1cc(C(=O)N(Cc2ccccc2)C2CC2)cc(OC)c1C. The van der Waals surface area contributed by atoms with Crippen LogP contribution in [-0.2, 0) is 6.54 Å². The van der Waals surface area contributed by atoms with Gasteiger partial charge < -0.3 is 14.4 Å². The fourth-order valence-corrected chi connectivity index (χ4v) is 2.91. The van der Waals surface area contributed by atoms with Crippen LogP contribution in [0.5, 0.6) is 11.5 Å². The molecular formula is C20H23NO3. The van der Waals surface area contributed by atoms with Crippen LogP contribution >= 0.6 is 0 Å². The topological polar surface area (TPSA) is 38.8 Å². The van der Waals surface area contributed by atoms with Crippen molar-refractivity contribution in [1.29, 1.82) is 0 Å². The fourth-order valence-electron chi connectivity index (χ4n) is 2.91. The van der Waals surface area contributed by atoms with Crippen LogP contribution in [0.15, 0.2) is 42.5 Å². The molecule has 0 saturated heterocycles. The summed E-state index contributed by atoms with van der Waals surface area (Å²) in [6.07, 6.45) is 2.14. The summed E-state index contributed by atoms with van der Waals surface area (Å²) in [4.78, 5) is 15.1. The summed E-state index contributed by atoms with van der Waals surface area (Å²) in [6.45, 7) is 2.55. The number of hydrogen-bond acceptors (Lipinski definition) is 3. The Morgan fingerprint density at radius 1 is 1.08 bits per heavy atom. The van der Waals surface area contributed by atoms with Gasteiger partial charge in [0.05, 0.1) is 14.2 Å². The highest BCUT2D eigenvalue weighted by atomic mass is 16.5. The lowest BCUT2D eigenvalue weighted by molar-refractivity contribution is 0.0729. The summed E-state index contributed by atoms with van der Waals surface area (Å²) in [5.74, 6) is 1.37. The number of rotatable bonds is 6. The maximum atomic E-state index is 13.1. The molecule has 2 aromatic rings. The lowest BCUT2D eigenvalue weighted by Crippen LogP contribution is -2.32. The first-order valence-electron chi connectivity index (χ1n) is 8.21. The molecule has 1 fully saturated rings. The highest BCUT2D eigenvalue weighted by molar-refractivity contribution is 5.95. The Kier molecular flexibility index (Phi) is 4.74. The van der Waals surface area contributed by atoms with Gasteiger partial charge in [-0.3, -0.25) is 4.79 Å². The van der Waals surface area contributed by atoms with Crippen molar-refractivity contribution in [2.45, 2.75) is 32.4 Å². The molecule has 2 aromatic carbocycles.